The summed E-state index contributed by atoms with van der Waals surface area (Å²) in [6, 6.07) is 0. The topological polar surface area (TPSA) is 72.8 Å². The Balaban J connectivity index is 1.81. The molecule has 0 aromatic carbocycles. The van der Waals surface area contributed by atoms with Gasteiger partial charge in [-0.3, -0.25) is 9.59 Å². The summed E-state index contributed by atoms with van der Waals surface area (Å²) in [6.45, 7) is 12.6. The van der Waals surface area contributed by atoms with Gasteiger partial charge in [0.2, 0.25) is 0 Å². The highest BCUT2D eigenvalue weighted by Gasteiger charge is 2.62. The van der Waals surface area contributed by atoms with E-state index >= 15 is 0 Å². The minimum atomic E-state index is -0.993. The van der Waals surface area contributed by atoms with Crippen molar-refractivity contribution in [2.24, 2.45) is 34.0 Å². The Kier molecular flexibility index (Phi) is 6.44. The molecule has 0 bridgehead atoms. The van der Waals surface area contributed by atoms with E-state index in [-0.39, 0.29) is 47.3 Å². The van der Waals surface area contributed by atoms with Crippen LogP contribution in [0, 0.1) is 34.0 Å². The molecule has 3 aliphatic rings. The molecule has 0 heterocycles. The van der Waals surface area contributed by atoms with Crippen LogP contribution in [0.25, 0.3) is 0 Å². The van der Waals surface area contributed by atoms with E-state index in [1.807, 2.05) is 0 Å². The lowest BCUT2D eigenvalue weighted by Gasteiger charge is -2.63. The highest BCUT2D eigenvalue weighted by Crippen LogP contribution is 2.68. The van der Waals surface area contributed by atoms with Crippen LogP contribution in [0.15, 0.2) is 11.6 Å². The second kappa shape index (κ2) is 8.29. The van der Waals surface area contributed by atoms with Gasteiger partial charge < -0.3 is 14.6 Å². The molecule has 3 aliphatic carbocycles. The molecule has 0 aromatic heterocycles. The van der Waals surface area contributed by atoms with Gasteiger partial charge in [0, 0.05) is 6.92 Å². The fraction of sp³-hybridized carbons (Fsp3) is 0.840. The van der Waals surface area contributed by atoms with Crippen LogP contribution < -0.4 is 0 Å². The van der Waals surface area contributed by atoms with E-state index in [0.29, 0.717) is 5.92 Å². The number of rotatable bonds is 5. The number of hydrogen-bond acceptors (Lipinski definition) is 5. The molecule has 30 heavy (non-hydrogen) atoms. The Morgan fingerprint density at radius 1 is 1.10 bits per heavy atom. The van der Waals surface area contributed by atoms with Gasteiger partial charge >= 0.3 is 11.9 Å². The van der Waals surface area contributed by atoms with E-state index in [9.17, 15) is 14.7 Å². The third-order valence-electron chi connectivity index (χ3n) is 8.80. The minimum Gasteiger partial charge on any atom is -0.463 e. The van der Waals surface area contributed by atoms with Crippen molar-refractivity contribution >= 4 is 11.9 Å². The molecular formula is C25H40O5. The van der Waals surface area contributed by atoms with Crippen molar-refractivity contribution in [3.05, 3.63) is 11.6 Å². The summed E-state index contributed by atoms with van der Waals surface area (Å²) >= 11 is 0. The van der Waals surface area contributed by atoms with Crippen molar-refractivity contribution in [3.8, 4) is 0 Å². The standard InChI is InChI=1S/C25H40O5/c1-16-9-12-24(5)20-8-7-11-23(3,4)19(20)10-13-25(24,6)21(16)22(28)30-15-18(27)14-29-17(2)26/h10,16,18,20-21,27H,7-9,11-15H2,1-6H3/t16-,18-,20+,21-,24-,25-/m0/s1. The summed E-state index contributed by atoms with van der Waals surface area (Å²) in [6.07, 6.45) is 8.20. The molecule has 0 aromatic rings. The van der Waals surface area contributed by atoms with Crippen LogP contribution in [0.4, 0.5) is 0 Å². The van der Waals surface area contributed by atoms with Crippen molar-refractivity contribution in [2.75, 3.05) is 13.2 Å². The Hall–Kier alpha value is -1.36. The van der Waals surface area contributed by atoms with Gasteiger partial charge in [-0.15, -0.1) is 0 Å². The maximum atomic E-state index is 13.3. The van der Waals surface area contributed by atoms with Crippen LogP contribution in [-0.2, 0) is 19.1 Å². The first kappa shape index (κ1) is 23.3. The van der Waals surface area contributed by atoms with Crippen LogP contribution in [0.1, 0.15) is 80.1 Å². The number of aliphatic hydroxyl groups excluding tert-OH is 1. The SMILES string of the molecule is CC(=O)OC[C@H](O)COC(=O)[C@@H]1[C@@H](C)CC[C@@]2(C)[C@@H]3CCCC(C)(C)C3=CC[C@@]12C. The molecule has 0 aliphatic heterocycles. The van der Waals surface area contributed by atoms with Gasteiger partial charge in [0.15, 0.2) is 0 Å². The van der Waals surface area contributed by atoms with Crippen molar-refractivity contribution in [1.82, 2.24) is 0 Å². The van der Waals surface area contributed by atoms with E-state index in [1.165, 1.54) is 26.2 Å². The Labute approximate surface area is 181 Å². The van der Waals surface area contributed by atoms with E-state index in [4.69, 9.17) is 9.47 Å². The summed E-state index contributed by atoms with van der Waals surface area (Å²) in [7, 11) is 0. The summed E-state index contributed by atoms with van der Waals surface area (Å²) in [5, 5.41) is 10.0. The first-order valence-corrected chi connectivity index (χ1v) is 11.6. The van der Waals surface area contributed by atoms with Crippen LogP contribution >= 0.6 is 0 Å². The molecule has 3 rings (SSSR count). The van der Waals surface area contributed by atoms with Crippen molar-refractivity contribution in [1.29, 1.82) is 0 Å². The molecular weight excluding hydrogens is 380 g/mol. The molecule has 0 unspecified atom stereocenters. The number of allylic oxidation sites excluding steroid dienone is 2. The molecule has 0 amide bonds. The first-order valence-electron chi connectivity index (χ1n) is 11.6. The Morgan fingerprint density at radius 3 is 2.43 bits per heavy atom. The van der Waals surface area contributed by atoms with Gasteiger partial charge in [0.25, 0.3) is 0 Å². The largest absolute Gasteiger partial charge is 0.463 e. The number of carbonyl (C=O) groups excluding carboxylic acids is 2. The van der Waals surface area contributed by atoms with Gasteiger partial charge in [-0.1, -0.05) is 52.7 Å². The number of carbonyl (C=O) groups is 2. The zero-order valence-electron chi connectivity index (χ0n) is 19.6. The fourth-order valence-corrected chi connectivity index (χ4v) is 6.84. The predicted molar refractivity (Wildman–Crippen MR) is 116 cm³/mol. The maximum Gasteiger partial charge on any atom is 0.309 e. The molecule has 0 saturated heterocycles. The van der Waals surface area contributed by atoms with Gasteiger partial charge in [-0.25, -0.2) is 0 Å². The quantitative estimate of drug-likeness (QED) is 0.517. The van der Waals surface area contributed by atoms with Gasteiger partial charge in [0.1, 0.15) is 19.3 Å². The third kappa shape index (κ3) is 3.94. The number of hydrogen-bond donors (Lipinski definition) is 1. The minimum absolute atomic E-state index is 0.0708. The normalized spacial score (nSPS) is 38.5. The number of fused-ring (bicyclic) bond motifs is 3. The summed E-state index contributed by atoms with van der Waals surface area (Å²) in [4.78, 5) is 24.2. The summed E-state index contributed by atoms with van der Waals surface area (Å²) < 4.78 is 10.4. The second-order valence-corrected chi connectivity index (χ2v) is 11.1. The lowest BCUT2D eigenvalue weighted by molar-refractivity contribution is -0.178. The molecule has 5 nitrogen and oxygen atoms in total. The molecule has 1 N–H and O–H groups in total. The first-order chi connectivity index (χ1) is 13.9. The third-order valence-corrected chi connectivity index (χ3v) is 8.80. The van der Waals surface area contributed by atoms with Crippen molar-refractivity contribution in [2.45, 2.75) is 86.2 Å². The molecule has 170 valence electrons. The van der Waals surface area contributed by atoms with Gasteiger partial charge in [-0.05, 0) is 60.2 Å². The molecule has 2 saturated carbocycles. The summed E-state index contributed by atoms with van der Waals surface area (Å²) in [5.41, 5.74) is 1.76. The average molecular weight is 421 g/mol. The molecule has 5 heteroatoms. The molecule has 6 atom stereocenters. The van der Waals surface area contributed by atoms with E-state index in [2.05, 4.69) is 40.7 Å². The zero-order valence-corrected chi connectivity index (χ0v) is 19.6. The van der Waals surface area contributed by atoms with Gasteiger partial charge in [0.05, 0.1) is 5.92 Å². The maximum absolute atomic E-state index is 13.3. The number of aliphatic hydroxyl groups is 1. The Bertz CT molecular complexity index is 710. The van der Waals surface area contributed by atoms with E-state index in [1.54, 1.807) is 5.57 Å². The van der Waals surface area contributed by atoms with Gasteiger partial charge in [-0.2, -0.15) is 0 Å². The van der Waals surface area contributed by atoms with Crippen LogP contribution in [0.3, 0.4) is 0 Å². The highest BCUT2D eigenvalue weighted by molar-refractivity contribution is 5.74. The highest BCUT2D eigenvalue weighted by atomic mass is 16.6. The number of ether oxygens (including phenoxy) is 2. The monoisotopic (exact) mass is 420 g/mol. The van der Waals surface area contributed by atoms with Crippen molar-refractivity contribution in [3.63, 3.8) is 0 Å². The second-order valence-electron chi connectivity index (χ2n) is 11.1. The van der Waals surface area contributed by atoms with Crippen LogP contribution in [0.2, 0.25) is 0 Å². The molecule has 0 radical (unpaired) electrons. The van der Waals surface area contributed by atoms with E-state index in [0.717, 1.165) is 19.3 Å². The molecule has 0 spiro atoms. The smallest absolute Gasteiger partial charge is 0.309 e. The lowest BCUT2D eigenvalue weighted by atomic mass is 9.40. The Morgan fingerprint density at radius 2 is 1.77 bits per heavy atom. The zero-order chi connectivity index (χ0) is 22.3. The lowest BCUT2D eigenvalue weighted by Crippen LogP contribution is -2.58. The van der Waals surface area contributed by atoms with Crippen LogP contribution in [0.5, 0.6) is 0 Å². The molecule has 2 fully saturated rings. The van der Waals surface area contributed by atoms with Crippen molar-refractivity contribution < 1.29 is 24.2 Å². The predicted octanol–water partition coefficient (Wildman–Crippen LogP) is 4.67. The number of esters is 2. The van der Waals surface area contributed by atoms with Crippen LogP contribution in [-0.4, -0.2) is 36.4 Å². The fourth-order valence-electron chi connectivity index (χ4n) is 6.84. The van der Waals surface area contributed by atoms with E-state index < -0.39 is 12.1 Å². The summed E-state index contributed by atoms with van der Waals surface area (Å²) in [5.74, 6) is -0.0976. The average Bonchev–Trinajstić information content (AvgIpc) is 2.65.